The molecule has 0 amide bonds. The Kier molecular flexibility index (Phi) is 4.59. The van der Waals surface area contributed by atoms with Crippen molar-refractivity contribution in [2.75, 3.05) is 5.32 Å². The van der Waals surface area contributed by atoms with Gasteiger partial charge in [-0.3, -0.25) is 4.79 Å². The third-order valence-electron chi connectivity index (χ3n) is 5.94. The van der Waals surface area contributed by atoms with E-state index < -0.39 is 0 Å². The van der Waals surface area contributed by atoms with Crippen molar-refractivity contribution in [3.05, 3.63) is 101 Å². The first kappa shape index (κ1) is 19.8. The molecule has 1 heterocycles. The van der Waals surface area contributed by atoms with Gasteiger partial charge < -0.3 is 9.84 Å². The van der Waals surface area contributed by atoms with Gasteiger partial charge in [0.25, 0.3) is 0 Å². The van der Waals surface area contributed by atoms with Gasteiger partial charge in [0.05, 0.1) is 16.6 Å². The molecule has 0 saturated carbocycles. The van der Waals surface area contributed by atoms with Crippen LogP contribution in [0, 0.1) is 13.8 Å². The van der Waals surface area contributed by atoms with E-state index in [0.29, 0.717) is 22.4 Å². The molecule has 4 aromatic carbocycles. The second-order valence-electron chi connectivity index (χ2n) is 8.31. The van der Waals surface area contributed by atoms with Gasteiger partial charge in [-0.2, -0.15) is 0 Å². The van der Waals surface area contributed by atoms with Crippen LogP contribution in [0.4, 0.5) is 11.4 Å². The summed E-state index contributed by atoms with van der Waals surface area (Å²) in [6.45, 7) is 4.13. The molecule has 4 nitrogen and oxygen atoms in total. The maximum absolute atomic E-state index is 13.6. The summed E-state index contributed by atoms with van der Waals surface area (Å²) in [5, 5.41) is 8.68. The molecule has 0 atom stereocenters. The van der Waals surface area contributed by atoms with Crippen LogP contribution < -0.4 is 5.32 Å². The van der Waals surface area contributed by atoms with E-state index in [-0.39, 0.29) is 5.78 Å². The Morgan fingerprint density at radius 1 is 0.848 bits per heavy atom. The number of benzene rings is 4. The summed E-state index contributed by atoms with van der Waals surface area (Å²) in [5.41, 5.74) is 6.81. The Labute approximate surface area is 195 Å². The summed E-state index contributed by atoms with van der Waals surface area (Å²) >= 11 is 1.62. The van der Waals surface area contributed by atoms with E-state index in [1.807, 2.05) is 42.5 Å². The lowest BCUT2D eigenvalue weighted by Crippen LogP contribution is -2.11. The third-order valence-corrected chi connectivity index (χ3v) is 6.98. The van der Waals surface area contributed by atoms with Gasteiger partial charge in [-0.15, -0.1) is 0 Å². The quantitative estimate of drug-likeness (QED) is 0.302. The predicted molar refractivity (Wildman–Crippen MR) is 133 cm³/mol. The van der Waals surface area contributed by atoms with Gasteiger partial charge in [0.15, 0.2) is 11.5 Å². The molecule has 5 aromatic rings. The molecule has 1 aromatic heterocycles. The topological polar surface area (TPSA) is 55.1 Å². The van der Waals surface area contributed by atoms with Gasteiger partial charge in [0, 0.05) is 26.6 Å². The van der Waals surface area contributed by atoms with Gasteiger partial charge in [0.2, 0.25) is 0 Å². The summed E-state index contributed by atoms with van der Waals surface area (Å²) in [6, 6.07) is 26.1. The van der Waals surface area contributed by atoms with Crippen LogP contribution in [-0.2, 0) is 0 Å². The number of aromatic nitrogens is 1. The highest BCUT2D eigenvalue weighted by atomic mass is 32.2. The number of aryl methyl sites for hydroxylation is 2. The Morgan fingerprint density at radius 3 is 2.24 bits per heavy atom. The molecule has 5 heteroatoms. The zero-order valence-corrected chi connectivity index (χ0v) is 19.0. The molecule has 1 N–H and O–H groups in total. The molecule has 0 unspecified atom stereocenters. The molecular formula is C28H20N2O2S. The molecule has 0 radical (unpaired) electrons. The zero-order valence-electron chi connectivity index (χ0n) is 18.2. The minimum atomic E-state index is -0.0206. The number of carbonyl (C=O) groups is 1. The fourth-order valence-corrected chi connectivity index (χ4v) is 5.17. The van der Waals surface area contributed by atoms with Gasteiger partial charge in [-0.25, -0.2) is 0 Å². The largest absolute Gasteiger partial charge is 0.355 e. The lowest BCUT2D eigenvalue weighted by atomic mass is 9.87. The van der Waals surface area contributed by atoms with Gasteiger partial charge in [0.1, 0.15) is 5.52 Å². The number of carbonyl (C=O) groups excluding carboxylic acids is 1. The van der Waals surface area contributed by atoms with Crippen LogP contribution in [0.15, 0.2) is 93.2 Å². The van der Waals surface area contributed by atoms with E-state index in [2.05, 4.69) is 60.7 Å². The molecule has 6 rings (SSSR count). The first-order valence-electron chi connectivity index (χ1n) is 10.8. The number of hydrogen-bond donors (Lipinski definition) is 1. The summed E-state index contributed by atoms with van der Waals surface area (Å²) in [4.78, 5) is 15.7. The van der Waals surface area contributed by atoms with Crippen molar-refractivity contribution in [2.45, 2.75) is 23.6 Å². The maximum Gasteiger partial charge on any atom is 0.196 e. The van der Waals surface area contributed by atoms with Crippen molar-refractivity contribution in [3.63, 3.8) is 0 Å². The first-order chi connectivity index (χ1) is 16.1. The average molecular weight is 449 g/mol. The molecule has 1 aliphatic rings. The van der Waals surface area contributed by atoms with Crippen molar-refractivity contribution in [1.29, 1.82) is 0 Å². The molecule has 0 fully saturated rings. The molecule has 0 aliphatic heterocycles. The van der Waals surface area contributed by atoms with Crippen LogP contribution in [0.1, 0.15) is 27.0 Å². The molecule has 0 bridgehead atoms. The van der Waals surface area contributed by atoms with E-state index in [1.54, 1.807) is 11.8 Å². The SMILES string of the molecule is Cc1ccc(Nc2cc(Sc3ccc(C)cc3)c3noc4c3c2C(=O)c2ccccc2-4)cc1. The lowest BCUT2D eigenvalue weighted by molar-refractivity contribution is 0.104. The predicted octanol–water partition coefficient (Wildman–Crippen LogP) is 7.55. The number of hydrogen-bond acceptors (Lipinski definition) is 5. The smallest absolute Gasteiger partial charge is 0.196 e. The number of rotatable bonds is 4. The fourth-order valence-electron chi connectivity index (χ4n) is 4.23. The Balaban J connectivity index is 1.58. The third kappa shape index (κ3) is 3.33. The zero-order chi connectivity index (χ0) is 22.5. The highest BCUT2D eigenvalue weighted by Crippen LogP contribution is 2.47. The van der Waals surface area contributed by atoms with Crippen LogP contribution >= 0.6 is 11.8 Å². The summed E-state index contributed by atoms with van der Waals surface area (Å²) in [6.07, 6.45) is 0. The highest BCUT2D eigenvalue weighted by molar-refractivity contribution is 7.99. The van der Waals surface area contributed by atoms with Crippen LogP contribution in [0.5, 0.6) is 0 Å². The number of nitrogens with zero attached hydrogens (tertiary/aromatic N) is 1. The summed E-state index contributed by atoms with van der Waals surface area (Å²) < 4.78 is 5.85. The standard InChI is InChI=1S/C28H20N2O2S/c1-16-7-11-18(12-8-16)29-22-15-23(33-19-13-9-17(2)10-14-19)26-25-24(22)27(31)20-5-3-4-6-21(20)28(25)32-30-26/h3-15,29H,1-2H3. The molecule has 0 saturated heterocycles. The Bertz CT molecular complexity index is 1530. The molecule has 0 spiro atoms. The van der Waals surface area contributed by atoms with Crippen LogP contribution in [0.3, 0.4) is 0 Å². The van der Waals surface area contributed by atoms with Crippen molar-refractivity contribution < 1.29 is 9.32 Å². The second kappa shape index (κ2) is 7.64. The van der Waals surface area contributed by atoms with Crippen LogP contribution in [-0.4, -0.2) is 10.9 Å². The normalized spacial score (nSPS) is 12.1. The van der Waals surface area contributed by atoms with E-state index >= 15 is 0 Å². The van der Waals surface area contributed by atoms with E-state index in [4.69, 9.17) is 4.52 Å². The number of fused-ring (bicyclic) bond motifs is 2. The van der Waals surface area contributed by atoms with Crippen molar-refractivity contribution in [2.24, 2.45) is 0 Å². The molecule has 33 heavy (non-hydrogen) atoms. The Morgan fingerprint density at radius 2 is 1.52 bits per heavy atom. The average Bonchev–Trinajstić information content (AvgIpc) is 3.27. The molecule has 160 valence electrons. The number of anilines is 2. The van der Waals surface area contributed by atoms with Gasteiger partial charge >= 0.3 is 0 Å². The first-order valence-corrected chi connectivity index (χ1v) is 11.6. The van der Waals surface area contributed by atoms with E-state index in [1.165, 1.54) is 11.1 Å². The van der Waals surface area contributed by atoms with Crippen molar-refractivity contribution in [3.8, 4) is 11.3 Å². The lowest BCUT2D eigenvalue weighted by Gasteiger charge is -2.19. The minimum Gasteiger partial charge on any atom is -0.355 e. The number of ketones is 1. The van der Waals surface area contributed by atoms with E-state index in [9.17, 15) is 4.79 Å². The maximum atomic E-state index is 13.6. The Hall–Kier alpha value is -3.83. The van der Waals surface area contributed by atoms with Crippen LogP contribution in [0.25, 0.3) is 22.2 Å². The summed E-state index contributed by atoms with van der Waals surface area (Å²) in [5.74, 6) is 0.626. The monoisotopic (exact) mass is 448 g/mol. The van der Waals surface area contributed by atoms with Crippen LogP contribution in [0.2, 0.25) is 0 Å². The second-order valence-corrected chi connectivity index (χ2v) is 9.43. The molecular weight excluding hydrogens is 428 g/mol. The number of nitrogens with one attached hydrogen (secondary N) is 1. The fraction of sp³-hybridized carbons (Fsp3) is 0.0714. The van der Waals surface area contributed by atoms with Crippen molar-refractivity contribution in [1.82, 2.24) is 5.16 Å². The van der Waals surface area contributed by atoms with Gasteiger partial charge in [-0.1, -0.05) is 76.6 Å². The van der Waals surface area contributed by atoms with E-state index in [0.717, 1.165) is 32.1 Å². The van der Waals surface area contributed by atoms with Gasteiger partial charge in [-0.05, 0) is 44.2 Å². The minimum absolute atomic E-state index is 0.0206. The van der Waals surface area contributed by atoms with Crippen molar-refractivity contribution >= 4 is 39.8 Å². The highest BCUT2D eigenvalue weighted by Gasteiger charge is 2.32. The molecule has 1 aliphatic carbocycles. The summed E-state index contributed by atoms with van der Waals surface area (Å²) in [7, 11) is 0.